The Bertz CT molecular complexity index is 217. The SMILES string of the molecule is C[C@H]1CC[C@H]2[C@@H]1CON2O[Si](C)(C)C. The average Bonchev–Trinajstić information content (AvgIpc) is 2.55. The van der Waals surface area contributed by atoms with Crippen LogP contribution < -0.4 is 0 Å². The molecule has 14 heavy (non-hydrogen) atoms. The van der Waals surface area contributed by atoms with Crippen LogP contribution in [0.2, 0.25) is 19.6 Å². The molecule has 4 heteroatoms. The van der Waals surface area contributed by atoms with Gasteiger partial charge in [0.05, 0.1) is 12.6 Å². The van der Waals surface area contributed by atoms with Crippen LogP contribution in [0, 0.1) is 11.8 Å². The molecule has 0 aromatic carbocycles. The summed E-state index contributed by atoms with van der Waals surface area (Å²) in [6.07, 6.45) is 2.56. The maximum Gasteiger partial charge on any atom is 0.215 e. The second-order valence-electron chi connectivity index (χ2n) is 5.57. The molecule has 0 aromatic heterocycles. The van der Waals surface area contributed by atoms with Crippen LogP contribution >= 0.6 is 0 Å². The van der Waals surface area contributed by atoms with Gasteiger partial charge >= 0.3 is 0 Å². The predicted molar refractivity (Wildman–Crippen MR) is 57.9 cm³/mol. The topological polar surface area (TPSA) is 21.7 Å². The first-order valence-corrected chi connectivity index (χ1v) is 8.99. The first-order valence-electron chi connectivity index (χ1n) is 5.58. The van der Waals surface area contributed by atoms with Crippen molar-refractivity contribution in [2.24, 2.45) is 11.8 Å². The van der Waals surface area contributed by atoms with Gasteiger partial charge in [-0.3, -0.25) is 4.84 Å². The van der Waals surface area contributed by atoms with Crippen LogP contribution in [0.5, 0.6) is 0 Å². The van der Waals surface area contributed by atoms with Gasteiger partial charge in [0.1, 0.15) is 0 Å². The molecule has 3 nitrogen and oxygen atoms in total. The fourth-order valence-electron chi connectivity index (χ4n) is 2.40. The number of hydrogen-bond donors (Lipinski definition) is 0. The van der Waals surface area contributed by atoms with E-state index in [1.54, 1.807) is 0 Å². The molecule has 0 N–H and O–H groups in total. The van der Waals surface area contributed by atoms with Gasteiger partial charge in [-0.15, -0.1) is 0 Å². The van der Waals surface area contributed by atoms with E-state index in [0.29, 0.717) is 12.0 Å². The highest BCUT2D eigenvalue weighted by atomic mass is 28.4. The van der Waals surface area contributed by atoms with Crippen LogP contribution in [-0.4, -0.2) is 26.2 Å². The molecule has 0 amide bonds. The van der Waals surface area contributed by atoms with Crippen molar-refractivity contribution in [3.63, 3.8) is 0 Å². The lowest BCUT2D eigenvalue weighted by atomic mass is 9.98. The number of nitrogens with zero attached hydrogens (tertiary/aromatic N) is 1. The van der Waals surface area contributed by atoms with E-state index in [1.807, 2.05) is 5.23 Å². The Kier molecular flexibility index (Phi) is 2.72. The molecule has 1 saturated heterocycles. The summed E-state index contributed by atoms with van der Waals surface area (Å²) in [4.78, 5) is 5.61. The van der Waals surface area contributed by atoms with Gasteiger partial charge in [-0.25, -0.2) is 0 Å². The Morgan fingerprint density at radius 3 is 2.64 bits per heavy atom. The largest absolute Gasteiger partial charge is 0.321 e. The highest BCUT2D eigenvalue weighted by molar-refractivity contribution is 6.69. The Morgan fingerprint density at radius 1 is 1.29 bits per heavy atom. The fraction of sp³-hybridized carbons (Fsp3) is 1.00. The molecule has 1 saturated carbocycles. The first kappa shape index (κ1) is 10.6. The second kappa shape index (κ2) is 3.59. The first-order chi connectivity index (χ1) is 6.47. The molecule has 0 spiro atoms. The zero-order chi connectivity index (χ0) is 10.3. The average molecular weight is 215 g/mol. The van der Waals surface area contributed by atoms with Crippen LogP contribution in [0.1, 0.15) is 19.8 Å². The molecular formula is C10H21NO2Si. The van der Waals surface area contributed by atoms with Crippen LogP contribution in [0.4, 0.5) is 0 Å². The normalized spacial score (nSPS) is 39.0. The van der Waals surface area contributed by atoms with E-state index in [9.17, 15) is 0 Å². The minimum Gasteiger partial charge on any atom is -0.321 e. The molecule has 1 heterocycles. The summed E-state index contributed by atoms with van der Waals surface area (Å²) in [6, 6.07) is 0.525. The van der Waals surface area contributed by atoms with E-state index >= 15 is 0 Å². The lowest BCUT2D eigenvalue weighted by Gasteiger charge is -2.27. The maximum absolute atomic E-state index is 5.91. The lowest BCUT2D eigenvalue weighted by molar-refractivity contribution is -0.311. The van der Waals surface area contributed by atoms with Crippen molar-refractivity contribution < 1.29 is 9.36 Å². The van der Waals surface area contributed by atoms with Crippen LogP contribution in [0.3, 0.4) is 0 Å². The van der Waals surface area contributed by atoms with Gasteiger partial charge in [0.15, 0.2) is 0 Å². The van der Waals surface area contributed by atoms with Gasteiger partial charge in [-0.05, 0) is 38.4 Å². The van der Waals surface area contributed by atoms with E-state index in [2.05, 4.69) is 26.6 Å². The van der Waals surface area contributed by atoms with Crippen LogP contribution in [0.15, 0.2) is 0 Å². The maximum atomic E-state index is 5.91. The molecule has 0 bridgehead atoms. The quantitative estimate of drug-likeness (QED) is 0.660. The molecule has 3 atom stereocenters. The third-order valence-electron chi connectivity index (χ3n) is 3.17. The van der Waals surface area contributed by atoms with Crippen molar-refractivity contribution >= 4 is 8.32 Å². The molecule has 2 fully saturated rings. The minimum absolute atomic E-state index is 0.525. The smallest absolute Gasteiger partial charge is 0.215 e. The summed E-state index contributed by atoms with van der Waals surface area (Å²) in [5, 5.41) is 1.82. The summed E-state index contributed by atoms with van der Waals surface area (Å²) < 4.78 is 5.91. The minimum atomic E-state index is -1.50. The summed E-state index contributed by atoms with van der Waals surface area (Å²) in [7, 11) is -1.50. The molecule has 2 rings (SSSR count). The molecule has 82 valence electrons. The van der Waals surface area contributed by atoms with E-state index in [0.717, 1.165) is 12.5 Å². The van der Waals surface area contributed by atoms with Crippen molar-refractivity contribution in [3.05, 3.63) is 0 Å². The van der Waals surface area contributed by atoms with Gasteiger partial charge in [0.2, 0.25) is 8.32 Å². The zero-order valence-corrected chi connectivity index (χ0v) is 10.6. The van der Waals surface area contributed by atoms with E-state index in [1.165, 1.54) is 12.8 Å². The Hall–Kier alpha value is 0.0969. The molecule has 0 unspecified atom stereocenters. The summed E-state index contributed by atoms with van der Waals surface area (Å²) >= 11 is 0. The summed E-state index contributed by atoms with van der Waals surface area (Å²) in [5.41, 5.74) is 0. The number of rotatable bonds is 2. The van der Waals surface area contributed by atoms with Gasteiger partial charge in [-0.2, -0.15) is 0 Å². The third-order valence-corrected chi connectivity index (χ3v) is 3.90. The van der Waals surface area contributed by atoms with Crippen molar-refractivity contribution in [1.82, 2.24) is 5.23 Å². The van der Waals surface area contributed by atoms with Crippen molar-refractivity contribution in [2.45, 2.75) is 45.4 Å². The van der Waals surface area contributed by atoms with E-state index in [-0.39, 0.29) is 0 Å². The lowest BCUT2D eigenvalue weighted by Crippen LogP contribution is -2.39. The Morgan fingerprint density at radius 2 is 2.00 bits per heavy atom. The van der Waals surface area contributed by atoms with Crippen LogP contribution in [0.25, 0.3) is 0 Å². The standard InChI is InChI=1S/C10H21NO2Si/c1-8-5-6-10-9(8)7-12-11(10)13-14(2,3)4/h8-10H,5-7H2,1-4H3/t8-,9+,10-/m0/s1. The van der Waals surface area contributed by atoms with Gasteiger partial charge in [0, 0.05) is 5.92 Å². The number of fused-ring (bicyclic) bond motifs is 1. The molecular weight excluding hydrogens is 194 g/mol. The predicted octanol–water partition coefficient (Wildman–Crippen LogP) is 2.41. The highest BCUT2D eigenvalue weighted by Crippen LogP contribution is 2.40. The molecule has 0 aromatic rings. The third kappa shape index (κ3) is 2.03. The van der Waals surface area contributed by atoms with Crippen molar-refractivity contribution in [2.75, 3.05) is 6.61 Å². The zero-order valence-electron chi connectivity index (χ0n) is 9.62. The van der Waals surface area contributed by atoms with E-state index in [4.69, 9.17) is 9.36 Å². The highest BCUT2D eigenvalue weighted by Gasteiger charge is 2.45. The summed E-state index contributed by atoms with van der Waals surface area (Å²) in [5.74, 6) is 1.50. The van der Waals surface area contributed by atoms with Crippen molar-refractivity contribution in [3.8, 4) is 0 Å². The van der Waals surface area contributed by atoms with Crippen LogP contribution in [-0.2, 0) is 9.36 Å². The van der Waals surface area contributed by atoms with Gasteiger partial charge < -0.3 is 4.53 Å². The number of hydroxylamine groups is 2. The number of hydrogen-bond acceptors (Lipinski definition) is 3. The monoisotopic (exact) mass is 215 g/mol. The molecule has 1 aliphatic heterocycles. The van der Waals surface area contributed by atoms with E-state index < -0.39 is 8.32 Å². The van der Waals surface area contributed by atoms with Crippen molar-refractivity contribution in [1.29, 1.82) is 0 Å². The molecule has 1 aliphatic carbocycles. The summed E-state index contributed by atoms with van der Waals surface area (Å²) in [6.45, 7) is 9.77. The van der Waals surface area contributed by atoms with Gasteiger partial charge in [-0.1, -0.05) is 12.2 Å². The molecule has 2 aliphatic rings. The second-order valence-corrected chi connectivity index (χ2v) is 9.98. The van der Waals surface area contributed by atoms with Gasteiger partial charge in [0.25, 0.3) is 0 Å². The molecule has 0 radical (unpaired) electrons. The Labute approximate surface area is 87.4 Å². The Balaban J connectivity index is 1.97. The fourth-order valence-corrected chi connectivity index (χ4v) is 3.13.